The number of aromatic nitrogens is 2. The van der Waals surface area contributed by atoms with E-state index in [0.717, 1.165) is 17.5 Å². The molecule has 4 nitrogen and oxygen atoms in total. The van der Waals surface area contributed by atoms with E-state index in [4.69, 9.17) is 0 Å². The zero-order valence-corrected chi connectivity index (χ0v) is 11.0. The molecule has 2 aromatic rings. The van der Waals surface area contributed by atoms with E-state index in [-0.39, 0.29) is 18.8 Å². The summed E-state index contributed by atoms with van der Waals surface area (Å²) in [7, 11) is 0. The number of aromatic amines is 1. The van der Waals surface area contributed by atoms with Crippen LogP contribution in [0.5, 0.6) is 0 Å². The van der Waals surface area contributed by atoms with Gasteiger partial charge in [-0.25, -0.2) is 4.79 Å². The van der Waals surface area contributed by atoms with Crippen LogP contribution in [-0.4, -0.2) is 15.3 Å². The van der Waals surface area contributed by atoms with Crippen LogP contribution in [0.2, 0.25) is 0 Å². The van der Waals surface area contributed by atoms with Gasteiger partial charge in [0.05, 0.1) is 11.0 Å². The second-order valence-corrected chi connectivity index (χ2v) is 4.34. The van der Waals surface area contributed by atoms with Crippen LogP contribution in [0.15, 0.2) is 23.0 Å². The number of hydrogen-bond acceptors (Lipinski definition) is 2. The second kappa shape index (κ2) is 4.80. The first-order valence-electron chi connectivity index (χ1n) is 6.44. The third-order valence-corrected chi connectivity index (χ3v) is 3.29. The van der Waals surface area contributed by atoms with E-state index in [1.165, 1.54) is 0 Å². The molecule has 0 bridgehead atoms. The number of nitrogens with zero attached hydrogens (tertiary/aromatic N) is 1. The number of ketones is 1. The maximum absolute atomic E-state index is 12.1. The first kappa shape index (κ1) is 12.6. The second-order valence-electron chi connectivity index (χ2n) is 4.34. The summed E-state index contributed by atoms with van der Waals surface area (Å²) >= 11 is 0. The summed E-state index contributed by atoms with van der Waals surface area (Å²) in [5.74, 6) is 0.126. The molecule has 1 aliphatic rings. The third kappa shape index (κ3) is 1.78. The number of carbonyl (C=O) groups excluding carboxylic acids is 1. The molecule has 4 heteroatoms. The fourth-order valence-corrected chi connectivity index (χ4v) is 2.35. The maximum Gasteiger partial charge on any atom is 0.326 e. The van der Waals surface area contributed by atoms with Gasteiger partial charge in [-0.3, -0.25) is 9.36 Å². The quantitative estimate of drug-likeness (QED) is 0.779. The first-order chi connectivity index (χ1) is 8.68. The number of hydrogen-bond donors (Lipinski definition) is 1. The molecule has 1 atom stereocenters. The number of benzene rings is 1. The minimum Gasteiger partial charge on any atom is -0.306 e. The van der Waals surface area contributed by atoms with E-state index >= 15 is 0 Å². The lowest BCUT2D eigenvalue weighted by molar-refractivity contribution is 0.0926. The van der Waals surface area contributed by atoms with Crippen molar-refractivity contribution in [2.75, 3.05) is 0 Å². The molecule has 0 spiro atoms. The van der Waals surface area contributed by atoms with Gasteiger partial charge in [-0.2, -0.15) is 0 Å². The van der Waals surface area contributed by atoms with E-state index in [2.05, 4.69) is 4.98 Å². The highest BCUT2D eigenvalue weighted by Gasteiger charge is 2.24. The molecule has 0 fully saturated rings. The highest BCUT2D eigenvalue weighted by Crippen LogP contribution is 2.24. The predicted octanol–water partition coefficient (Wildman–Crippen LogP) is 2.82. The van der Waals surface area contributed by atoms with Crippen LogP contribution >= 0.6 is 0 Å². The highest BCUT2D eigenvalue weighted by molar-refractivity contribution is 6.07. The monoisotopic (exact) mass is 248 g/mol. The Hall–Kier alpha value is -1.84. The first-order valence-corrected chi connectivity index (χ1v) is 6.44. The number of nitrogens with one attached hydrogen (secondary N) is 1. The fraction of sp³-hybridized carbons (Fsp3) is 0.429. The Labute approximate surface area is 107 Å². The summed E-state index contributed by atoms with van der Waals surface area (Å²) < 4.78 is 1.67. The van der Waals surface area contributed by atoms with Crippen molar-refractivity contribution >= 4 is 16.8 Å². The van der Waals surface area contributed by atoms with Crippen molar-refractivity contribution in [2.24, 2.45) is 5.92 Å². The molecule has 1 unspecified atom stereocenters. The summed E-state index contributed by atoms with van der Waals surface area (Å²) in [6.07, 6.45) is 0.723. The van der Waals surface area contributed by atoms with Crippen molar-refractivity contribution in [3.63, 3.8) is 0 Å². The Morgan fingerprint density at radius 3 is 2.78 bits per heavy atom. The number of H-pyrrole nitrogens is 1. The average molecular weight is 248 g/mol. The van der Waals surface area contributed by atoms with Gasteiger partial charge in [-0.1, -0.05) is 26.8 Å². The van der Waals surface area contributed by atoms with Crippen molar-refractivity contribution in [2.45, 2.75) is 33.7 Å². The van der Waals surface area contributed by atoms with Crippen molar-refractivity contribution in [3.05, 3.63) is 34.2 Å². The fourth-order valence-electron chi connectivity index (χ4n) is 2.35. The van der Waals surface area contributed by atoms with Gasteiger partial charge in [0.15, 0.2) is 5.78 Å². The van der Waals surface area contributed by atoms with Crippen molar-refractivity contribution in [1.82, 2.24) is 9.55 Å². The van der Waals surface area contributed by atoms with Crippen LogP contribution in [0.4, 0.5) is 0 Å². The van der Waals surface area contributed by atoms with E-state index in [0.29, 0.717) is 12.1 Å². The van der Waals surface area contributed by atoms with Gasteiger partial charge in [0.1, 0.15) is 0 Å². The van der Waals surface area contributed by atoms with Crippen LogP contribution in [0.1, 0.15) is 39.0 Å². The van der Waals surface area contributed by atoms with E-state index in [1.54, 1.807) is 10.6 Å². The average Bonchev–Trinajstić information content (AvgIpc) is 2.65. The van der Waals surface area contributed by atoms with Gasteiger partial charge >= 0.3 is 5.69 Å². The minimum atomic E-state index is -0.121. The summed E-state index contributed by atoms with van der Waals surface area (Å²) in [6.45, 7) is 6.53. The van der Waals surface area contributed by atoms with Gasteiger partial charge in [0, 0.05) is 19.5 Å². The molecule has 1 aromatic carbocycles. The smallest absolute Gasteiger partial charge is 0.306 e. The van der Waals surface area contributed by atoms with Crippen molar-refractivity contribution < 1.29 is 6.22 Å². The molecule has 0 saturated carbocycles. The minimum absolute atomic E-state index is 0. The Morgan fingerprint density at radius 2 is 2.06 bits per heavy atom. The molecule has 0 aliphatic carbocycles. The number of rotatable bonds is 0. The Balaban J connectivity index is 0.000000576. The number of imidazole rings is 1. The van der Waals surface area contributed by atoms with E-state index in [9.17, 15) is 9.59 Å². The Kier molecular flexibility index (Phi) is 3.36. The van der Waals surface area contributed by atoms with Gasteiger partial charge < -0.3 is 4.98 Å². The molecule has 98 valence electrons. The molecule has 0 amide bonds. The maximum atomic E-state index is 12.1. The number of Topliss-reactive ketones (excluding diaryl/α,β-unsaturated/α-hetero) is 1. The lowest BCUT2D eigenvalue weighted by Crippen LogP contribution is -2.17. The normalized spacial score (nSPS) is 18.2. The van der Waals surface area contributed by atoms with E-state index in [1.807, 2.05) is 32.9 Å². The molecule has 1 aromatic heterocycles. The van der Waals surface area contributed by atoms with E-state index < -0.39 is 0 Å². The van der Waals surface area contributed by atoms with Crippen LogP contribution in [-0.2, 0) is 6.54 Å². The topological polar surface area (TPSA) is 54.9 Å². The molecule has 18 heavy (non-hydrogen) atoms. The Bertz CT molecular complexity index is 642. The molecular weight excluding hydrogens is 228 g/mol. The molecule has 0 saturated heterocycles. The van der Waals surface area contributed by atoms with Gasteiger partial charge in [0.2, 0.25) is 0 Å². The zero-order valence-electron chi connectivity index (χ0n) is 11.0. The van der Waals surface area contributed by atoms with Crippen molar-refractivity contribution in [1.29, 1.82) is 0 Å². The molecule has 3 rings (SSSR count). The van der Waals surface area contributed by atoms with Gasteiger partial charge in [-0.15, -0.1) is 0 Å². The SMILES string of the molecule is CC.CC1CCn2c(=O)[nH]c3cccc(c32)C1=O.[HH]. The summed E-state index contributed by atoms with van der Waals surface area (Å²) in [6, 6.07) is 5.45. The number of para-hydroxylation sites is 1. The molecule has 1 N–H and O–H groups in total. The van der Waals surface area contributed by atoms with Crippen LogP contribution < -0.4 is 5.69 Å². The van der Waals surface area contributed by atoms with Crippen LogP contribution in [0.3, 0.4) is 0 Å². The molecule has 1 aliphatic heterocycles. The summed E-state index contributed by atoms with van der Waals surface area (Å²) in [4.78, 5) is 26.6. The van der Waals surface area contributed by atoms with Crippen LogP contribution in [0, 0.1) is 5.92 Å². The molecule has 0 radical (unpaired) electrons. The standard InChI is InChI=1S/C12H12N2O2.C2H6.H2/c1-7-5-6-14-10-8(11(7)15)3-2-4-9(10)13-12(14)16;1-2;/h2-4,7H,5-6H2,1H3,(H,13,16);1-2H3;1H. The lowest BCUT2D eigenvalue weighted by atomic mass is 9.97. The third-order valence-electron chi connectivity index (χ3n) is 3.29. The van der Waals surface area contributed by atoms with Gasteiger partial charge in [-0.05, 0) is 18.6 Å². The van der Waals surface area contributed by atoms with Gasteiger partial charge in [0.25, 0.3) is 0 Å². The molecular formula is C14H20N2O2. The highest BCUT2D eigenvalue weighted by atomic mass is 16.1. The lowest BCUT2D eigenvalue weighted by Gasteiger charge is -2.05. The number of carbonyl (C=O) groups is 1. The van der Waals surface area contributed by atoms with Crippen LogP contribution in [0.25, 0.3) is 11.0 Å². The van der Waals surface area contributed by atoms with Crippen molar-refractivity contribution in [3.8, 4) is 0 Å². The number of aryl methyl sites for hydroxylation is 1. The largest absolute Gasteiger partial charge is 0.326 e. The summed E-state index contributed by atoms with van der Waals surface area (Å²) in [5.41, 5.74) is 2.07. The molecule has 2 heterocycles. The predicted molar refractivity (Wildman–Crippen MR) is 74.1 cm³/mol. The summed E-state index contributed by atoms with van der Waals surface area (Å²) in [5, 5.41) is 0. The Morgan fingerprint density at radius 1 is 1.33 bits per heavy atom. The zero-order chi connectivity index (χ0) is 13.3.